The molecule has 40 heavy (non-hydrogen) atoms. The van der Waals surface area contributed by atoms with Crippen molar-refractivity contribution in [2.24, 2.45) is 17.3 Å². The molecule has 0 amide bonds. The average Bonchev–Trinajstić information content (AvgIpc) is 3.19. The van der Waals surface area contributed by atoms with Gasteiger partial charge in [0.15, 0.2) is 5.78 Å². The summed E-state index contributed by atoms with van der Waals surface area (Å²) >= 11 is 0. The largest absolute Gasteiger partial charge is 0.456 e. The molecule has 1 N–H and O–H groups in total. The second kappa shape index (κ2) is 10.1. The first-order chi connectivity index (χ1) is 18.8. The number of halogens is 5. The van der Waals surface area contributed by atoms with E-state index in [9.17, 15) is 23.1 Å². The molecule has 2 saturated carbocycles. The van der Waals surface area contributed by atoms with E-state index >= 15 is 8.78 Å². The molecule has 212 valence electrons. The maximum absolute atomic E-state index is 15.1. The molecule has 4 aliphatic carbocycles. The lowest BCUT2D eigenvalue weighted by atomic mass is 9.50. The van der Waals surface area contributed by atoms with E-state index in [0.29, 0.717) is 31.2 Å². The highest BCUT2D eigenvalue weighted by Gasteiger charge is 2.79. The third-order valence-corrected chi connectivity index (χ3v) is 9.65. The molecular weight excluding hydrogens is 529 g/mol. The Morgan fingerprint density at radius 1 is 1.07 bits per heavy atom. The maximum atomic E-state index is 15.1. The second-order valence-electron chi connectivity index (χ2n) is 11.5. The molecule has 1 aromatic carbocycles. The van der Waals surface area contributed by atoms with Crippen LogP contribution in [0.4, 0.5) is 22.0 Å². The van der Waals surface area contributed by atoms with Crippen molar-refractivity contribution in [3.05, 3.63) is 58.2 Å². The van der Waals surface area contributed by atoms with Gasteiger partial charge in [-0.15, -0.1) is 0 Å². The van der Waals surface area contributed by atoms with Gasteiger partial charge in [0.25, 0.3) is 0 Å². The molecule has 1 aromatic rings. The zero-order valence-electron chi connectivity index (χ0n) is 22.1. The smallest absolute Gasteiger partial charge is 0.383 e. The SMILES string of the molecule is C[C@]12C[C@H](c3ccc(C#CCOCC#N)cc3)C3=C4CCC(=O)C=C4CC[C@H]3[C@@H]1CC[C@@]2(O)C(F)(F)C(F)(F)F. The summed E-state index contributed by atoms with van der Waals surface area (Å²) in [6.07, 6.45) is -2.89. The van der Waals surface area contributed by atoms with Crippen LogP contribution in [0.1, 0.15) is 68.9 Å². The summed E-state index contributed by atoms with van der Waals surface area (Å²) in [4.78, 5) is 12.2. The number of rotatable bonds is 4. The van der Waals surface area contributed by atoms with Crippen molar-refractivity contribution in [3.8, 4) is 17.9 Å². The highest BCUT2D eigenvalue weighted by atomic mass is 19.4. The third-order valence-electron chi connectivity index (χ3n) is 9.65. The Bertz CT molecular complexity index is 1360. The predicted octanol–water partition coefficient (Wildman–Crippen LogP) is 6.41. The van der Waals surface area contributed by atoms with E-state index in [-0.39, 0.29) is 37.8 Å². The highest BCUT2D eigenvalue weighted by molar-refractivity contribution is 5.93. The minimum atomic E-state index is -5.88. The number of fused-ring (bicyclic) bond motifs is 4. The quantitative estimate of drug-likeness (QED) is 0.263. The van der Waals surface area contributed by atoms with E-state index in [1.807, 2.05) is 6.07 Å². The summed E-state index contributed by atoms with van der Waals surface area (Å²) in [5.74, 6) is -0.788. The molecule has 0 spiro atoms. The topological polar surface area (TPSA) is 70.3 Å². The molecular formula is C31H30F5NO3. The van der Waals surface area contributed by atoms with Gasteiger partial charge >= 0.3 is 12.1 Å². The maximum Gasteiger partial charge on any atom is 0.456 e. The van der Waals surface area contributed by atoms with Gasteiger partial charge in [-0.3, -0.25) is 4.79 Å². The van der Waals surface area contributed by atoms with E-state index in [4.69, 9.17) is 10.00 Å². The van der Waals surface area contributed by atoms with Crippen LogP contribution in [0.2, 0.25) is 0 Å². The first-order valence-electron chi connectivity index (χ1n) is 13.5. The van der Waals surface area contributed by atoms with E-state index in [0.717, 1.165) is 22.3 Å². The fourth-order valence-electron chi connectivity index (χ4n) is 7.80. The molecule has 0 aromatic heterocycles. The van der Waals surface area contributed by atoms with Crippen molar-refractivity contribution in [1.82, 2.24) is 0 Å². The Hall–Kier alpha value is -3.01. The highest BCUT2D eigenvalue weighted by Crippen LogP contribution is 2.70. The van der Waals surface area contributed by atoms with Gasteiger partial charge in [0.05, 0.1) is 6.07 Å². The van der Waals surface area contributed by atoms with Gasteiger partial charge in [0, 0.05) is 23.3 Å². The summed E-state index contributed by atoms with van der Waals surface area (Å²) in [6, 6.07) is 8.99. The Morgan fingerprint density at radius 2 is 1.80 bits per heavy atom. The molecule has 0 heterocycles. The molecule has 4 nitrogen and oxygen atoms in total. The number of ketones is 1. The minimum Gasteiger partial charge on any atom is -0.383 e. The Morgan fingerprint density at radius 3 is 2.48 bits per heavy atom. The van der Waals surface area contributed by atoms with Gasteiger partial charge in [0.1, 0.15) is 18.8 Å². The van der Waals surface area contributed by atoms with Crippen LogP contribution in [0.3, 0.4) is 0 Å². The molecule has 0 radical (unpaired) electrons. The Labute approximate surface area is 229 Å². The van der Waals surface area contributed by atoms with Crippen molar-refractivity contribution in [2.75, 3.05) is 13.2 Å². The number of carbonyl (C=O) groups excluding carboxylic acids is 1. The summed E-state index contributed by atoms with van der Waals surface area (Å²) < 4.78 is 76.2. The lowest BCUT2D eigenvalue weighted by Gasteiger charge is -2.56. The molecule has 0 bridgehead atoms. The number of hydrogen-bond donors (Lipinski definition) is 1. The van der Waals surface area contributed by atoms with Gasteiger partial charge in [-0.2, -0.15) is 27.2 Å². The number of allylic oxidation sites excluding steroid dienone is 4. The van der Waals surface area contributed by atoms with Crippen molar-refractivity contribution in [1.29, 1.82) is 5.26 Å². The standard InChI is InChI=1S/C31H30F5NO3/c1-28-18-25(20-6-4-19(5-7-20)3-2-15-40-16-14-37)27-23-11-9-22(38)17-21(23)8-10-24(27)26(28)12-13-29(28,39)30(32,33)31(34,35)36/h4-7,17,24-26,39H,8-13,15-16,18H2,1H3/t24-,25+,26-,28-,29-/m0/s1. The van der Waals surface area contributed by atoms with E-state index in [1.54, 1.807) is 30.3 Å². The first-order valence-corrected chi connectivity index (χ1v) is 13.5. The third kappa shape index (κ3) is 4.39. The van der Waals surface area contributed by atoms with Gasteiger partial charge in [-0.1, -0.05) is 36.5 Å². The normalized spacial score (nSPS) is 31.8. The molecule has 0 saturated heterocycles. The van der Waals surface area contributed by atoms with E-state index in [2.05, 4.69) is 11.8 Å². The minimum absolute atomic E-state index is 0.0386. The van der Waals surface area contributed by atoms with Crippen molar-refractivity contribution in [3.63, 3.8) is 0 Å². The number of alkyl halides is 5. The molecule has 5 rings (SSSR count). The van der Waals surface area contributed by atoms with Crippen LogP contribution in [-0.2, 0) is 9.53 Å². The van der Waals surface area contributed by atoms with Gasteiger partial charge < -0.3 is 9.84 Å². The van der Waals surface area contributed by atoms with E-state index in [1.165, 1.54) is 6.92 Å². The van der Waals surface area contributed by atoms with Crippen LogP contribution in [0.25, 0.3) is 0 Å². The van der Waals surface area contributed by atoms with Crippen molar-refractivity contribution >= 4 is 5.78 Å². The van der Waals surface area contributed by atoms with Crippen LogP contribution in [0.5, 0.6) is 0 Å². The summed E-state index contributed by atoms with van der Waals surface area (Å²) in [7, 11) is 0. The van der Waals surface area contributed by atoms with Crippen LogP contribution in [0, 0.1) is 40.4 Å². The van der Waals surface area contributed by atoms with Crippen LogP contribution >= 0.6 is 0 Å². The number of nitriles is 1. The summed E-state index contributed by atoms with van der Waals surface area (Å²) in [6.45, 7) is 1.42. The second-order valence-corrected chi connectivity index (χ2v) is 11.5. The number of hydrogen-bond acceptors (Lipinski definition) is 4. The fraction of sp³-hybridized carbons (Fsp3) is 0.548. The zero-order valence-corrected chi connectivity index (χ0v) is 22.1. The summed E-state index contributed by atoms with van der Waals surface area (Å²) in [5.41, 5.74) is -0.522. The number of carbonyl (C=O) groups is 1. The van der Waals surface area contributed by atoms with Gasteiger partial charge in [-0.25, -0.2) is 0 Å². The number of nitrogens with zero attached hydrogens (tertiary/aromatic N) is 1. The monoisotopic (exact) mass is 559 g/mol. The van der Waals surface area contributed by atoms with Crippen molar-refractivity contribution < 1.29 is 36.6 Å². The van der Waals surface area contributed by atoms with Crippen LogP contribution in [0.15, 0.2) is 47.1 Å². The lowest BCUT2D eigenvalue weighted by Crippen LogP contribution is -2.65. The zero-order chi connectivity index (χ0) is 28.9. The molecule has 4 aliphatic rings. The number of ether oxygens (including phenoxy) is 1. The number of aliphatic hydroxyl groups is 1. The molecule has 9 heteroatoms. The molecule has 0 aliphatic heterocycles. The van der Waals surface area contributed by atoms with Crippen LogP contribution < -0.4 is 0 Å². The van der Waals surface area contributed by atoms with Gasteiger partial charge in [-0.05, 0) is 85.3 Å². The Balaban J connectivity index is 1.58. The Kier molecular flexibility index (Phi) is 7.21. The van der Waals surface area contributed by atoms with Crippen LogP contribution in [-0.4, -0.2) is 41.8 Å². The lowest BCUT2D eigenvalue weighted by molar-refractivity contribution is -0.362. The molecule has 2 fully saturated rings. The fourth-order valence-corrected chi connectivity index (χ4v) is 7.80. The number of benzene rings is 1. The molecule has 5 atom stereocenters. The first kappa shape index (κ1) is 28.5. The van der Waals surface area contributed by atoms with E-state index < -0.39 is 41.4 Å². The molecule has 0 unspecified atom stereocenters. The predicted molar refractivity (Wildman–Crippen MR) is 136 cm³/mol. The van der Waals surface area contributed by atoms with Gasteiger partial charge in [0.2, 0.25) is 0 Å². The summed E-state index contributed by atoms with van der Waals surface area (Å²) in [5, 5.41) is 19.9. The van der Waals surface area contributed by atoms with Crippen molar-refractivity contribution in [2.45, 2.75) is 75.5 Å². The average molecular weight is 560 g/mol.